The molecule has 0 aromatic heterocycles. The van der Waals surface area contributed by atoms with E-state index in [-0.39, 0.29) is 24.7 Å². The molecule has 3 atom stereocenters. The number of nitrogens with two attached hydrogens (primary N) is 1. The van der Waals surface area contributed by atoms with E-state index in [0.717, 1.165) is 0 Å². The second-order valence-corrected chi connectivity index (χ2v) is 3.64. The normalized spacial score (nSPS) is 32.4. The Hall–Kier alpha value is -1.14. The van der Waals surface area contributed by atoms with Crippen LogP contribution in [-0.4, -0.2) is 46.8 Å². The SMILES string of the molecule is N[C@@H](C[C@H]1CN2C(=O)CC2O1)C(=O)O. The summed E-state index contributed by atoms with van der Waals surface area (Å²) in [5.41, 5.74) is 5.36. The maximum absolute atomic E-state index is 11.0. The molecule has 2 fully saturated rings. The van der Waals surface area contributed by atoms with Crippen molar-refractivity contribution in [3.63, 3.8) is 0 Å². The Morgan fingerprint density at radius 1 is 1.79 bits per heavy atom. The minimum atomic E-state index is -1.03. The highest BCUT2D eigenvalue weighted by atomic mass is 16.5. The molecule has 0 aliphatic carbocycles. The maximum Gasteiger partial charge on any atom is 0.320 e. The largest absolute Gasteiger partial charge is 0.480 e. The molecular formula is C8H12N2O4. The number of amides is 1. The predicted molar refractivity (Wildman–Crippen MR) is 45.2 cm³/mol. The van der Waals surface area contributed by atoms with Crippen molar-refractivity contribution in [2.45, 2.75) is 31.2 Å². The molecule has 2 aliphatic heterocycles. The summed E-state index contributed by atoms with van der Waals surface area (Å²) in [5.74, 6) is -0.962. The van der Waals surface area contributed by atoms with Gasteiger partial charge in [0, 0.05) is 13.0 Å². The average Bonchev–Trinajstić information content (AvgIpc) is 2.42. The fraction of sp³-hybridized carbons (Fsp3) is 0.750. The fourth-order valence-electron chi connectivity index (χ4n) is 1.76. The van der Waals surface area contributed by atoms with Gasteiger partial charge in [0.1, 0.15) is 12.3 Å². The lowest BCUT2D eigenvalue weighted by Gasteiger charge is -2.31. The molecule has 2 aliphatic rings. The Balaban J connectivity index is 1.84. The van der Waals surface area contributed by atoms with Crippen LogP contribution >= 0.6 is 0 Å². The van der Waals surface area contributed by atoms with Crippen LogP contribution in [0.3, 0.4) is 0 Å². The first-order valence-electron chi connectivity index (χ1n) is 4.51. The number of nitrogens with zero attached hydrogens (tertiary/aromatic N) is 1. The number of ether oxygens (including phenoxy) is 1. The smallest absolute Gasteiger partial charge is 0.320 e. The molecule has 2 heterocycles. The number of rotatable bonds is 3. The quantitative estimate of drug-likeness (QED) is 0.555. The molecule has 2 saturated heterocycles. The van der Waals surface area contributed by atoms with Gasteiger partial charge in [0.05, 0.1) is 12.5 Å². The van der Waals surface area contributed by atoms with Gasteiger partial charge in [-0.25, -0.2) is 0 Å². The van der Waals surface area contributed by atoms with Crippen LogP contribution in [0.5, 0.6) is 0 Å². The average molecular weight is 200 g/mol. The lowest BCUT2D eigenvalue weighted by molar-refractivity contribution is -0.157. The molecule has 6 nitrogen and oxygen atoms in total. The van der Waals surface area contributed by atoms with Crippen LogP contribution in [0.4, 0.5) is 0 Å². The van der Waals surface area contributed by atoms with Gasteiger partial charge in [0.2, 0.25) is 5.91 Å². The lowest BCUT2D eigenvalue weighted by atomic mass is 10.1. The van der Waals surface area contributed by atoms with Gasteiger partial charge in [-0.2, -0.15) is 0 Å². The molecule has 0 radical (unpaired) electrons. The van der Waals surface area contributed by atoms with Crippen molar-refractivity contribution in [1.82, 2.24) is 4.90 Å². The Bertz CT molecular complexity index is 281. The Kier molecular flexibility index (Phi) is 2.16. The van der Waals surface area contributed by atoms with Crippen molar-refractivity contribution < 1.29 is 19.4 Å². The van der Waals surface area contributed by atoms with Crippen LogP contribution in [-0.2, 0) is 14.3 Å². The highest BCUT2D eigenvalue weighted by Gasteiger charge is 2.45. The third-order valence-electron chi connectivity index (χ3n) is 2.60. The van der Waals surface area contributed by atoms with Crippen molar-refractivity contribution in [1.29, 1.82) is 0 Å². The molecule has 3 N–H and O–H groups in total. The van der Waals surface area contributed by atoms with Crippen molar-refractivity contribution in [2.75, 3.05) is 6.54 Å². The summed E-state index contributed by atoms with van der Waals surface area (Å²) in [6, 6.07) is -0.909. The topological polar surface area (TPSA) is 92.9 Å². The number of hydrogen-bond donors (Lipinski definition) is 2. The van der Waals surface area contributed by atoms with E-state index in [0.29, 0.717) is 13.0 Å². The van der Waals surface area contributed by atoms with Crippen molar-refractivity contribution >= 4 is 11.9 Å². The van der Waals surface area contributed by atoms with E-state index in [1.165, 1.54) is 0 Å². The molecule has 1 unspecified atom stereocenters. The molecule has 14 heavy (non-hydrogen) atoms. The number of carboxylic acid groups (broad SMARTS) is 1. The Labute approximate surface area is 80.6 Å². The first kappa shape index (κ1) is 9.42. The number of fused-ring (bicyclic) bond motifs is 1. The van der Waals surface area contributed by atoms with Crippen LogP contribution in [0.2, 0.25) is 0 Å². The molecule has 78 valence electrons. The van der Waals surface area contributed by atoms with Crippen molar-refractivity contribution in [3.05, 3.63) is 0 Å². The molecule has 2 rings (SSSR count). The van der Waals surface area contributed by atoms with Gasteiger partial charge in [-0.1, -0.05) is 0 Å². The highest BCUT2D eigenvalue weighted by molar-refractivity contribution is 5.83. The van der Waals surface area contributed by atoms with E-state index in [2.05, 4.69) is 0 Å². The van der Waals surface area contributed by atoms with Crippen LogP contribution in [0.15, 0.2) is 0 Å². The number of hydrogen-bond acceptors (Lipinski definition) is 4. The van der Waals surface area contributed by atoms with Gasteiger partial charge in [0.15, 0.2) is 0 Å². The summed E-state index contributed by atoms with van der Waals surface area (Å²) in [7, 11) is 0. The summed E-state index contributed by atoms with van der Waals surface area (Å²) in [6.07, 6.45) is 0.320. The van der Waals surface area contributed by atoms with Crippen molar-refractivity contribution in [3.8, 4) is 0 Å². The first-order valence-corrected chi connectivity index (χ1v) is 4.51. The van der Waals surface area contributed by atoms with Crippen LogP contribution in [0, 0.1) is 0 Å². The zero-order valence-corrected chi connectivity index (χ0v) is 7.55. The van der Waals surface area contributed by atoms with Gasteiger partial charge < -0.3 is 20.5 Å². The summed E-state index contributed by atoms with van der Waals surface area (Å²) in [5, 5.41) is 8.58. The Morgan fingerprint density at radius 2 is 2.50 bits per heavy atom. The van der Waals surface area contributed by atoms with Crippen LogP contribution in [0.1, 0.15) is 12.8 Å². The molecule has 0 saturated carbocycles. The number of aliphatic carboxylic acids is 1. The molecule has 0 aromatic carbocycles. The standard InChI is InChI=1S/C8H12N2O4/c9-5(8(12)13)1-4-3-10-6(11)2-7(10)14-4/h4-5,7H,1-3,9H2,(H,12,13)/t4-,5-,7?/m0/s1. The van der Waals surface area contributed by atoms with E-state index < -0.39 is 12.0 Å². The summed E-state index contributed by atoms with van der Waals surface area (Å²) in [6.45, 7) is 0.477. The number of carbonyl (C=O) groups is 2. The molecular weight excluding hydrogens is 188 g/mol. The van der Waals surface area contributed by atoms with Crippen LogP contribution < -0.4 is 5.73 Å². The van der Waals surface area contributed by atoms with Gasteiger partial charge in [-0.15, -0.1) is 0 Å². The Morgan fingerprint density at radius 3 is 3.00 bits per heavy atom. The van der Waals surface area contributed by atoms with E-state index in [4.69, 9.17) is 15.6 Å². The molecule has 0 bridgehead atoms. The third-order valence-corrected chi connectivity index (χ3v) is 2.60. The summed E-state index contributed by atoms with van der Waals surface area (Å²) >= 11 is 0. The van der Waals surface area contributed by atoms with E-state index in [9.17, 15) is 9.59 Å². The van der Waals surface area contributed by atoms with E-state index in [1.54, 1.807) is 4.90 Å². The second-order valence-electron chi connectivity index (χ2n) is 3.64. The molecule has 0 aromatic rings. The monoisotopic (exact) mass is 200 g/mol. The number of carboxylic acids is 1. The first-order chi connectivity index (χ1) is 6.58. The summed E-state index contributed by atoms with van der Waals surface area (Å²) in [4.78, 5) is 23.1. The molecule has 1 amide bonds. The number of β-lactam (4-membered cyclic amide) rings is 1. The predicted octanol–water partition coefficient (Wildman–Crippen LogP) is -1.25. The highest BCUT2D eigenvalue weighted by Crippen LogP contribution is 2.29. The molecule has 0 spiro atoms. The zero-order valence-electron chi connectivity index (χ0n) is 7.55. The van der Waals surface area contributed by atoms with E-state index >= 15 is 0 Å². The zero-order chi connectivity index (χ0) is 10.3. The fourth-order valence-corrected chi connectivity index (χ4v) is 1.76. The van der Waals surface area contributed by atoms with Gasteiger partial charge in [-0.05, 0) is 0 Å². The maximum atomic E-state index is 11.0. The van der Waals surface area contributed by atoms with Gasteiger partial charge in [0.25, 0.3) is 0 Å². The lowest BCUT2D eigenvalue weighted by Crippen LogP contribution is -2.48. The minimum Gasteiger partial charge on any atom is -0.480 e. The van der Waals surface area contributed by atoms with Crippen LogP contribution in [0.25, 0.3) is 0 Å². The van der Waals surface area contributed by atoms with Gasteiger partial charge >= 0.3 is 5.97 Å². The minimum absolute atomic E-state index is 0.0707. The molecule has 6 heteroatoms. The number of carbonyl (C=O) groups excluding carboxylic acids is 1. The third kappa shape index (κ3) is 1.46. The van der Waals surface area contributed by atoms with Gasteiger partial charge in [-0.3, -0.25) is 9.59 Å². The van der Waals surface area contributed by atoms with Crippen molar-refractivity contribution in [2.24, 2.45) is 5.73 Å². The second kappa shape index (κ2) is 3.21. The van der Waals surface area contributed by atoms with E-state index in [1.807, 2.05) is 0 Å². The summed E-state index contributed by atoms with van der Waals surface area (Å²) < 4.78 is 5.41.